The molecule has 0 radical (unpaired) electrons. The van der Waals surface area contributed by atoms with Crippen molar-refractivity contribution in [2.24, 2.45) is 0 Å². The number of aromatic nitrogens is 2. The zero-order valence-electron chi connectivity index (χ0n) is 15.7. The number of amides is 1. The van der Waals surface area contributed by atoms with Gasteiger partial charge in [-0.3, -0.25) is 4.79 Å². The summed E-state index contributed by atoms with van der Waals surface area (Å²) in [6.07, 6.45) is 3.18. The third kappa shape index (κ3) is 4.68. The average molecular weight is 384 g/mol. The van der Waals surface area contributed by atoms with Crippen molar-refractivity contribution < 1.29 is 9.21 Å². The highest BCUT2D eigenvalue weighted by Crippen LogP contribution is 2.24. The van der Waals surface area contributed by atoms with E-state index < -0.39 is 0 Å². The van der Waals surface area contributed by atoms with Gasteiger partial charge in [-0.25, -0.2) is 9.97 Å². The average Bonchev–Trinajstić information content (AvgIpc) is 3.31. The minimum atomic E-state index is -0.280. The Balaban J connectivity index is 1.59. The van der Waals surface area contributed by atoms with E-state index in [9.17, 15) is 4.79 Å². The van der Waals surface area contributed by atoms with Crippen LogP contribution < -0.4 is 10.2 Å². The van der Waals surface area contributed by atoms with Crippen LogP contribution in [-0.4, -0.2) is 15.9 Å². The van der Waals surface area contributed by atoms with Gasteiger partial charge in [-0.05, 0) is 35.9 Å². The monoisotopic (exact) mass is 384 g/mol. The van der Waals surface area contributed by atoms with Gasteiger partial charge in [-0.15, -0.1) is 0 Å². The fraction of sp³-hybridized carbons (Fsp3) is 0.0870. The number of hydrogen-bond donors (Lipinski definition) is 1. The molecule has 4 aromatic rings. The van der Waals surface area contributed by atoms with E-state index in [1.54, 1.807) is 24.6 Å². The molecule has 0 saturated carbocycles. The van der Waals surface area contributed by atoms with Crippen LogP contribution >= 0.6 is 0 Å². The van der Waals surface area contributed by atoms with Crippen LogP contribution in [0.25, 0.3) is 0 Å². The minimum absolute atomic E-state index is 0.280. The molecule has 0 unspecified atom stereocenters. The molecule has 144 valence electrons. The first-order chi connectivity index (χ1) is 14.3. The van der Waals surface area contributed by atoms with Gasteiger partial charge in [0.1, 0.15) is 11.5 Å². The summed E-state index contributed by atoms with van der Waals surface area (Å²) >= 11 is 0. The highest BCUT2D eigenvalue weighted by Gasteiger charge is 2.16. The number of carbonyl (C=O) groups excluding carboxylic acids is 1. The quantitative estimate of drug-likeness (QED) is 0.513. The number of carbonyl (C=O) groups is 1. The van der Waals surface area contributed by atoms with Gasteiger partial charge in [0.25, 0.3) is 5.91 Å². The van der Waals surface area contributed by atoms with Gasteiger partial charge in [0.05, 0.1) is 19.4 Å². The van der Waals surface area contributed by atoms with E-state index in [1.807, 2.05) is 59.5 Å². The second kappa shape index (κ2) is 8.84. The first-order valence-electron chi connectivity index (χ1n) is 9.30. The van der Waals surface area contributed by atoms with Crippen molar-refractivity contribution in [3.05, 3.63) is 108 Å². The lowest BCUT2D eigenvalue weighted by Gasteiger charge is -2.23. The van der Waals surface area contributed by atoms with Gasteiger partial charge in [0.15, 0.2) is 0 Å². The van der Waals surface area contributed by atoms with Crippen LogP contribution in [0.4, 0.5) is 11.6 Å². The van der Waals surface area contributed by atoms with Crippen molar-refractivity contribution in [3.63, 3.8) is 0 Å². The van der Waals surface area contributed by atoms with E-state index in [-0.39, 0.29) is 5.91 Å². The molecule has 0 aliphatic rings. The molecule has 0 atom stereocenters. The molecule has 6 nitrogen and oxygen atoms in total. The van der Waals surface area contributed by atoms with E-state index in [0.29, 0.717) is 30.5 Å². The molecule has 29 heavy (non-hydrogen) atoms. The van der Waals surface area contributed by atoms with Crippen LogP contribution in [0.15, 0.2) is 95.7 Å². The Labute approximate surface area is 168 Å². The number of benzene rings is 2. The number of rotatable bonds is 7. The van der Waals surface area contributed by atoms with Crippen molar-refractivity contribution in [1.82, 2.24) is 15.3 Å². The van der Waals surface area contributed by atoms with Crippen LogP contribution in [0, 0.1) is 0 Å². The molecule has 0 aliphatic heterocycles. The lowest BCUT2D eigenvalue weighted by molar-refractivity contribution is 0.0943. The van der Waals surface area contributed by atoms with E-state index >= 15 is 0 Å². The summed E-state index contributed by atoms with van der Waals surface area (Å²) in [6.45, 7) is 0.889. The lowest BCUT2D eigenvalue weighted by atomic mass is 10.2. The molecular formula is C23H20N4O2. The molecular weight excluding hydrogens is 364 g/mol. The molecule has 0 spiro atoms. The Morgan fingerprint density at radius 1 is 0.931 bits per heavy atom. The van der Waals surface area contributed by atoms with E-state index in [0.717, 1.165) is 11.3 Å². The fourth-order valence-corrected chi connectivity index (χ4v) is 2.93. The van der Waals surface area contributed by atoms with Gasteiger partial charge in [-0.1, -0.05) is 48.5 Å². The molecule has 2 aromatic carbocycles. The maximum atomic E-state index is 12.5. The first-order valence-corrected chi connectivity index (χ1v) is 9.30. The topological polar surface area (TPSA) is 71.3 Å². The molecule has 4 rings (SSSR count). The zero-order chi connectivity index (χ0) is 19.9. The van der Waals surface area contributed by atoms with Crippen LogP contribution in [-0.2, 0) is 13.1 Å². The Morgan fingerprint density at radius 3 is 2.41 bits per heavy atom. The molecule has 2 aromatic heterocycles. The van der Waals surface area contributed by atoms with E-state index in [2.05, 4.69) is 27.4 Å². The Morgan fingerprint density at radius 2 is 1.69 bits per heavy atom. The number of furan rings is 1. The molecule has 0 fully saturated rings. The van der Waals surface area contributed by atoms with Gasteiger partial charge < -0.3 is 14.6 Å². The third-order valence-corrected chi connectivity index (χ3v) is 4.37. The van der Waals surface area contributed by atoms with Crippen molar-refractivity contribution in [2.75, 3.05) is 4.90 Å². The van der Waals surface area contributed by atoms with E-state index in [4.69, 9.17) is 4.42 Å². The molecule has 0 aliphatic carbocycles. The van der Waals surface area contributed by atoms with Gasteiger partial charge in [0.2, 0.25) is 5.95 Å². The van der Waals surface area contributed by atoms with Crippen molar-refractivity contribution >= 4 is 17.5 Å². The summed E-state index contributed by atoms with van der Waals surface area (Å²) in [4.78, 5) is 23.5. The van der Waals surface area contributed by atoms with Crippen molar-refractivity contribution in [3.8, 4) is 0 Å². The second-order valence-electron chi connectivity index (χ2n) is 6.41. The summed E-state index contributed by atoms with van der Waals surface area (Å²) < 4.78 is 5.25. The normalized spacial score (nSPS) is 10.5. The Hall–Kier alpha value is -3.93. The summed E-state index contributed by atoms with van der Waals surface area (Å²) in [7, 11) is 0. The van der Waals surface area contributed by atoms with Crippen LogP contribution in [0.2, 0.25) is 0 Å². The molecule has 1 N–H and O–H groups in total. The number of hydrogen-bond acceptors (Lipinski definition) is 5. The summed E-state index contributed by atoms with van der Waals surface area (Å²) in [5.41, 5.74) is 2.37. The van der Waals surface area contributed by atoms with E-state index in [1.165, 1.54) is 0 Å². The number of para-hydroxylation sites is 1. The highest BCUT2D eigenvalue weighted by atomic mass is 16.3. The maximum absolute atomic E-state index is 12.5. The van der Waals surface area contributed by atoms with Crippen LogP contribution in [0.3, 0.4) is 0 Å². The maximum Gasteiger partial charge on any atom is 0.270 e. The molecule has 2 heterocycles. The fourth-order valence-electron chi connectivity index (χ4n) is 2.93. The summed E-state index contributed by atoms with van der Waals surface area (Å²) in [5, 5.41) is 2.82. The standard InChI is InChI=1S/C23H20N4O2/c28-22(25-16-20-12-7-15-29-20)21-13-14-24-23(26-21)27(19-10-5-2-6-11-19)17-18-8-3-1-4-9-18/h1-15H,16-17H2,(H,25,28). The molecule has 1 amide bonds. The van der Waals surface area contributed by atoms with Gasteiger partial charge in [-0.2, -0.15) is 0 Å². The van der Waals surface area contributed by atoms with Gasteiger partial charge >= 0.3 is 0 Å². The SMILES string of the molecule is O=C(NCc1ccco1)c1ccnc(N(Cc2ccccc2)c2ccccc2)n1. The second-order valence-corrected chi connectivity index (χ2v) is 6.41. The van der Waals surface area contributed by atoms with Crippen LogP contribution in [0.5, 0.6) is 0 Å². The van der Waals surface area contributed by atoms with Crippen molar-refractivity contribution in [2.45, 2.75) is 13.1 Å². The lowest BCUT2D eigenvalue weighted by Crippen LogP contribution is -2.25. The molecule has 6 heteroatoms. The summed E-state index contributed by atoms with van der Waals surface area (Å²) in [5.74, 6) is 0.867. The number of nitrogens with one attached hydrogen (secondary N) is 1. The third-order valence-electron chi connectivity index (χ3n) is 4.37. The highest BCUT2D eigenvalue weighted by molar-refractivity contribution is 5.92. The predicted octanol–water partition coefficient (Wildman–Crippen LogP) is 4.34. The predicted molar refractivity (Wildman–Crippen MR) is 111 cm³/mol. The number of anilines is 2. The van der Waals surface area contributed by atoms with Crippen molar-refractivity contribution in [1.29, 1.82) is 0 Å². The Bertz CT molecular complexity index is 1050. The van der Waals surface area contributed by atoms with Crippen LogP contribution in [0.1, 0.15) is 21.8 Å². The molecule has 0 bridgehead atoms. The molecule has 0 saturated heterocycles. The van der Waals surface area contributed by atoms with Gasteiger partial charge in [0, 0.05) is 11.9 Å². The zero-order valence-corrected chi connectivity index (χ0v) is 15.7. The first kappa shape index (κ1) is 18.4. The summed E-state index contributed by atoms with van der Waals surface area (Å²) in [6, 6.07) is 25.2. The minimum Gasteiger partial charge on any atom is -0.467 e. The Kier molecular flexibility index (Phi) is 5.62. The largest absolute Gasteiger partial charge is 0.467 e. The number of nitrogens with zero attached hydrogens (tertiary/aromatic N) is 3. The smallest absolute Gasteiger partial charge is 0.270 e.